The minimum Gasteiger partial charge on any atom is -0.367 e. The van der Waals surface area contributed by atoms with Crippen LogP contribution >= 0.6 is 0 Å². The first-order valence-corrected chi connectivity index (χ1v) is 7.98. The molecule has 2 aliphatic heterocycles. The van der Waals surface area contributed by atoms with Gasteiger partial charge in [0.05, 0.1) is 16.8 Å². The molecule has 2 nitrogen and oxygen atoms in total. The van der Waals surface area contributed by atoms with Gasteiger partial charge in [0.25, 0.3) is 0 Å². The summed E-state index contributed by atoms with van der Waals surface area (Å²) in [6.07, 6.45) is -2.46. The predicted molar refractivity (Wildman–Crippen MR) is 82.3 cm³/mol. The van der Waals surface area contributed by atoms with E-state index >= 15 is 0 Å². The number of hydrogen-bond acceptors (Lipinski definition) is 2. The Morgan fingerprint density at radius 2 is 2.14 bits per heavy atom. The summed E-state index contributed by atoms with van der Waals surface area (Å²) in [6, 6.07) is 4.64. The largest absolute Gasteiger partial charge is 0.418 e. The molecule has 1 fully saturated rings. The minimum atomic E-state index is -4.31. The zero-order valence-electron chi connectivity index (χ0n) is 13.3. The highest BCUT2D eigenvalue weighted by molar-refractivity contribution is 5.69. The van der Waals surface area contributed by atoms with Crippen LogP contribution in [0.25, 0.3) is 0 Å². The minimum absolute atomic E-state index is 0.124. The fraction of sp³-hybridized carbons (Fsp3) is 0.647. The molecular weight excluding hydrogens is 289 g/mol. The van der Waals surface area contributed by atoms with E-state index in [2.05, 4.69) is 19.2 Å². The average Bonchev–Trinajstić information content (AvgIpc) is 2.76. The molecule has 0 radical (unpaired) electrons. The summed E-state index contributed by atoms with van der Waals surface area (Å²) in [7, 11) is 1.85. The third-order valence-electron chi connectivity index (χ3n) is 5.83. The highest BCUT2D eigenvalue weighted by atomic mass is 19.4. The second kappa shape index (κ2) is 5.15. The van der Waals surface area contributed by atoms with Gasteiger partial charge in [0, 0.05) is 19.5 Å². The monoisotopic (exact) mass is 312 g/mol. The Kier molecular flexibility index (Phi) is 3.67. The van der Waals surface area contributed by atoms with Gasteiger partial charge in [0.1, 0.15) is 0 Å². The fourth-order valence-corrected chi connectivity index (χ4v) is 4.59. The first-order chi connectivity index (χ1) is 10.3. The SMILES string of the molecule is CCC(C)[C@@]12CCNC[C@H]1c1cccc(C(F)(F)F)c1N2C. The van der Waals surface area contributed by atoms with E-state index in [0.29, 0.717) is 11.6 Å². The highest BCUT2D eigenvalue weighted by Crippen LogP contribution is 2.56. The summed E-state index contributed by atoms with van der Waals surface area (Å²) in [5, 5.41) is 3.37. The number of nitrogens with zero attached hydrogens (tertiary/aromatic N) is 1. The molecular formula is C17H23F3N2. The van der Waals surface area contributed by atoms with Gasteiger partial charge in [-0.15, -0.1) is 0 Å². The summed E-state index contributed by atoms with van der Waals surface area (Å²) in [6.45, 7) is 5.91. The summed E-state index contributed by atoms with van der Waals surface area (Å²) < 4.78 is 40.4. The second-order valence-corrected chi connectivity index (χ2v) is 6.61. The van der Waals surface area contributed by atoms with Gasteiger partial charge in [0.15, 0.2) is 0 Å². The first-order valence-electron chi connectivity index (χ1n) is 7.98. The van der Waals surface area contributed by atoms with Gasteiger partial charge in [-0.25, -0.2) is 0 Å². The Bertz CT molecular complexity index is 570. The Morgan fingerprint density at radius 3 is 2.77 bits per heavy atom. The number of rotatable bonds is 2. The van der Waals surface area contributed by atoms with Crippen LogP contribution in [-0.2, 0) is 6.18 Å². The molecule has 1 aromatic rings. The van der Waals surface area contributed by atoms with Crippen LogP contribution in [0.5, 0.6) is 0 Å². The van der Waals surface area contributed by atoms with Crippen LogP contribution in [0.4, 0.5) is 18.9 Å². The maximum atomic E-state index is 13.5. The molecule has 3 atom stereocenters. The number of anilines is 1. The van der Waals surface area contributed by atoms with Crippen molar-refractivity contribution in [3.05, 3.63) is 29.3 Å². The highest BCUT2D eigenvalue weighted by Gasteiger charge is 2.55. The number of fused-ring (bicyclic) bond motifs is 3. The third kappa shape index (κ3) is 1.98. The number of likely N-dealkylation sites (N-methyl/N-ethyl adjacent to an activating group) is 1. The molecule has 122 valence electrons. The summed E-state index contributed by atoms with van der Waals surface area (Å²) in [5.74, 6) is 0.469. The van der Waals surface area contributed by atoms with Crippen LogP contribution in [0.15, 0.2) is 18.2 Å². The standard InChI is InChI=1S/C17H23F3N2/c1-4-11(2)16-8-9-21-10-14(16)12-6-5-7-13(17(18,19)20)15(12)22(16)3/h5-7,11,14,21H,4,8-10H2,1-3H3/t11?,14-,16-/m0/s1. The zero-order valence-corrected chi connectivity index (χ0v) is 13.3. The van der Waals surface area contributed by atoms with Crippen molar-refractivity contribution >= 4 is 5.69 Å². The van der Waals surface area contributed by atoms with E-state index in [0.717, 1.165) is 31.5 Å². The van der Waals surface area contributed by atoms with Gasteiger partial charge < -0.3 is 10.2 Å². The van der Waals surface area contributed by atoms with Gasteiger partial charge >= 0.3 is 6.18 Å². The van der Waals surface area contributed by atoms with E-state index in [1.807, 2.05) is 18.0 Å². The second-order valence-electron chi connectivity index (χ2n) is 6.61. The molecule has 3 rings (SSSR count). The molecule has 5 heteroatoms. The quantitative estimate of drug-likeness (QED) is 0.887. The molecule has 1 saturated heterocycles. The number of piperidine rings is 1. The van der Waals surface area contributed by atoms with Crippen molar-refractivity contribution < 1.29 is 13.2 Å². The molecule has 1 N–H and O–H groups in total. The van der Waals surface area contributed by atoms with Crippen molar-refractivity contribution in [1.29, 1.82) is 0 Å². The van der Waals surface area contributed by atoms with Crippen molar-refractivity contribution in [3.63, 3.8) is 0 Å². The topological polar surface area (TPSA) is 15.3 Å². The van der Waals surface area contributed by atoms with Crippen molar-refractivity contribution in [3.8, 4) is 0 Å². The maximum Gasteiger partial charge on any atom is 0.418 e. The number of halogens is 3. The number of hydrogen-bond donors (Lipinski definition) is 1. The Hall–Kier alpha value is -1.23. The first kappa shape index (κ1) is 15.7. The molecule has 0 aliphatic carbocycles. The van der Waals surface area contributed by atoms with Crippen LogP contribution in [0.1, 0.15) is 43.7 Å². The molecule has 1 aromatic carbocycles. The molecule has 0 amide bonds. The third-order valence-corrected chi connectivity index (χ3v) is 5.83. The Labute approximate surface area is 129 Å². The lowest BCUT2D eigenvalue weighted by atomic mass is 9.69. The number of benzene rings is 1. The zero-order chi connectivity index (χ0) is 16.1. The number of alkyl halides is 3. The maximum absolute atomic E-state index is 13.5. The molecule has 1 unspecified atom stereocenters. The van der Waals surface area contributed by atoms with Crippen LogP contribution in [0.2, 0.25) is 0 Å². The molecule has 0 saturated carbocycles. The van der Waals surface area contributed by atoms with E-state index in [9.17, 15) is 13.2 Å². The molecule has 2 heterocycles. The van der Waals surface area contributed by atoms with E-state index in [-0.39, 0.29) is 11.5 Å². The smallest absolute Gasteiger partial charge is 0.367 e. The lowest BCUT2D eigenvalue weighted by molar-refractivity contribution is -0.137. The van der Waals surface area contributed by atoms with Gasteiger partial charge in [-0.3, -0.25) is 0 Å². The van der Waals surface area contributed by atoms with Crippen LogP contribution in [-0.4, -0.2) is 25.7 Å². The fourth-order valence-electron chi connectivity index (χ4n) is 4.59. The lowest BCUT2D eigenvalue weighted by Gasteiger charge is -2.49. The predicted octanol–water partition coefficient (Wildman–Crippen LogP) is 4.02. The number of nitrogens with one attached hydrogen (secondary N) is 1. The van der Waals surface area contributed by atoms with Gasteiger partial charge in [-0.05, 0) is 30.5 Å². The Morgan fingerprint density at radius 1 is 1.41 bits per heavy atom. The Balaban J connectivity index is 2.20. The van der Waals surface area contributed by atoms with E-state index in [1.165, 1.54) is 6.07 Å². The van der Waals surface area contributed by atoms with Crippen molar-refractivity contribution in [2.45, 2.75) is 44.3 Å². The molecule has 0 aromatic heterocycles. The van der Waals surface area contributed by atoms with E-state index in [4.69, 9.17) is 0 Å². The van der Waals surface area contributed by atoms with Crippen LogP contribution < -0.4 is 10.2 Å². The van der Waals surface area contributed by atoms with Gasteiger partial charge in [-0.2, -0.15) is 13.2 Å². The van der Waals surface area contributed by atoms with E-state index in [1.54, 1.807) is 6.07 Å². The summed E-state index contributed by atoms with van der Waals surface area (Å²) >= 11 is 0. The van der Waals surface area contributed by atoms with E-state index < -0.39 is 11.7 Å². The molecule has 2 aliphatic rings. The average molecular weight is 312 g/mol. The van der Waals surface area contributed by atoms with Crippen LogP contribution in [0.3, 0.4) is 0 Å². The van der Waals surface area contributed by atoms with Gasteiger partial charge in [-0.1, -0.05) is 32.4 Å². The van der Waals surface area contributed by atoms with Crippen molar-refractivity contribution in [1.82, 2.24) is 5.32 Å². The summed E-state index contributed by atoms with van der Waals surface area (Å²) in [4.78, 5) is 1.95. The van der Waals surface area contributed by atoms with Gasteiger partial charge in [0.2, 0.25) is 0 Å². The normalized spacial score (nSPS) is 29.2. The molecule has 0 bridgehead atoms. The summed E-state index contributed by atoms with van der Waals surface area (Å²) in [5.41, 5.74) is 0.544. The van der Waals surface area contributed by atoms with Crippen LogP contribution in [0, 0.1) is 5.92 Å². The molecule has 0 spiro atoms. The van der Waals surface area contributed by atoms with Crippen molar-refractivity contribution in [2.24, 2.45) is 5.92 Å². The molecule has 22 heavy (non-hydrogen) atoms. The lowest BCUT2D eigenvalue weighted by Crippen LogP contribution is -2.58. The number of para-hydroxylation sites is 1. The van der Waals surface area contributed by atoms with Crippen molar-refractivity contribution in [2.75, 3.05) is 25.0 Å².